The van der Waals surface area contributed by atoms with Crippen molar-refractivity contribution < 1.29 is 4.79 Å². The smallest absolute Gasteiger partial charge is 0.244 e. The van der Waals surface area contributed by atoms with Crippen LogP contribution >= 0.6 is 11.3 Å². The Labute approximate surface area is 144 Å². The fraction of sp³-hybridized carbons (Fsp3) is 0.105. The van der Waals surface area contributed by atoms with Crippen molar-refractivity contribution in [1.82, 2.24) is 15.3 Å². The summed E-state index contributed by atoms with van der Waals surface area (Å²) in [6.45, 7) is 2.43. The van der Waals surface area contributed by atoms with Gasteiger partial charge in [-0.15, -0.1) is 11.3 Å². The van der Waals surface area contributed by atoms with E-state index in [9.17, 15) is 4.79 Å². The number of thiazole rings is 1. The van der Waals surface area contributed by atoms with E-state index in [0.29, 0.717) is 6.54 Å². The van der Waals surface area contributed by atoms with Gasteiger partial charge in [0.25, 0.3) is 0 Å². The second-order valence-electron chi connectivity index (χ2n) is 5.23. The number of aryl methyl sites for hydroxylation is 1. The summed E-state index contributed by atoms with van der Waals surface area (Å²) in [5, 5.41) is 3.82. The van der Waals surface area contributed by atoms with Crippen LogP contribution in [0.1, 0.15) is 16.1 Å². The summed E-state index contributed by atoms with van der Waals surface area (Å²) < 4.78 is 0. The van der Waals surface area contributed by atoms with Crippen molar-refractivity contribution >= 4 is 23.3 Å². The molecule has 1 aromatic carbocycles. The van der Waals surface area contributed by atoms with Gasteiger partial charge in [-0.25, -0.2) is 4.98 Å². The number of carbonyl (C=O) groups excluding carboxylic acids is 1. The first-order valence-corrected chi connectivity index (χ1v) is 8.41. The molecule has 0 aliphatic heterocycles. The molecule has 0 aliphatic rings. The summed E-state index contributed by atoms with van der Waals surface area (Å²) in [4.78, 5) is 21.7. The first kappa shape index (κ1) is 16.1. The van der Waals surface area contributed by atoms with Crippen LogP contribution in [-0.4, -0.2) is 15.9 Å². The van der Waals surface area contributed by atoms with Crippen molar-refractivity contribution in [3.05, 3.63) is 77.1 Å². The van der Waals surface area contributed by atoms with Gasteiger partial charge in [-0.3, -0.25) is 9.78 Å². The lowest BCUT2D eigenvalue weighted by atomic mass is 10.2. The van der Waals surface area contributed by atoms with Crippen LogP contribution in [0.2, 0.25) is 0 Å². The van der Waals surface area contributed by atoms with Gasteiger partial charge in [0.15, 0.2) is 0 Å². The topological polar surface area (TPSA) is 54.9 Å². The molecule has 0 radical (unpaired) electrons. The largest absolute Gasteiger partial charge is 0.348 e. The number of hydrogen-bond acceptors (Lipinski definition) is 4. The Bertz CT molecular complexity index is 842. The number of aromatic nitrogens is 2. The Morgan fingerprint density at radius 1 is 1.21 bits per heavy atom. The van der Waals surface area contributed by atoms with Crippen LogP contribution in [-0.2, 0) is 11.3 Å². The number of hydrogen-bond donors (Lipinski definition) is 1. The van der Waals surface area contributed by atoms with Gasteiger partial charge in [0.2, 0.25) is 5.91 Å². The van der Waals surface area contributed by atoms with E-state index < -0.39 is 0 Å². The molecule has 0 atom stereocenters. The van der Waals surface area contributed by atoms with E-state index in [1.807, 2.05) is 49.4 Å². The second-order valence-corrected chi connectivity index (χ2v) is 6.31. The molecular formula is C19H17N3OS. The molecule has 0 spiro atoms. The third-order valence-corrected chi connectivity index (χ3v) is 4.66. The van der Waals surface area contributed by atoms with Crippen molar-refractivity contribution in [2.75, 3.05) is 0 Å². The van der Waals surface area contributed by atoms with Crippen LogP contribution in [0.25, 0.3) is 16.6 Å². The molecule has 1 N–H and O–H groups in total. The average molecular weight is 335 g/mol. The molecule has 4 nitrogen and oxygen atoms in total. The zero-order chi connectivity index (χ0) is 16.8. The SMILES string of the molecule is Cc1nc(-c2cccnc2)sc1CNC(=O)/C=C/c1ccccc1. The highest BCUT2D eigenvalue weighted by atomic mass is 32.1. The van der Waals surface area contributed by atoms with Gasteiger partial charge in [-0.05, 0) is 30.7 Å². The molecule has 0 saturated carbocycles. The van der Waals surface area contributed by atoms with Gasteiger partial charge >= 0.3 is 0 Å². The van der Waals surface area contributed by atoms with Gasteiger partial charge in [0.05, 0.1) is 12.2 Å². The summed E-state index contributed by atoms with van der Waals surface area (Å²) in [6, 6.07) is 13.6. The highest BCUT2D eigenvalue weighted by Crippen LogP contribution is 2.27. The maximum atomic E-state index is 12.0. The van der Waals surface area contributed by atoms with Crippen LogP contribution in [0.4, 0.5) is 0 Å². The lowest BCUT2D eigenvalue weighted by Crippen LogP contribution is -2.20. The molecule has 0 unspecified atom stereocenters. The minimum atomic E-state index is -0.116. The molecule has 24 heavy (non-hydrogen) atoms. The van der Waals surface area contributed by atoms with Crippen molar-refractivity contribution in [2.45, 2.75) is 13.5 Å². The van der Waals surface area contributed by atoms with Crippen LogP contribution in [0.3, 0.4) is 0 Å². The van der Waals surface area contributed by atoms with Crippen molar-refractivity contribution in [3.8, 4) is 10.6 Å². The fourth-order valence-electron chi connectivity index (χ4n) is 2.17. The van der Waals surface area contributed by atoms with Crippen molar-refractivity contribution in [1.29, 1.82) is 0 Å². The van der Waals surface area contributed by atoms with E-state index in [1.54, 1.807) is 35.9 Å². The summed E-state index contributed by atoms with van der Waals surface area (Å²) in [6.07, 6.45) is 6.89. The molecule has 2 aromatic heterocycles. The van der Waals surface area contributed by atoms with Gasteiger partial charge < -0.3 is 5.32 Å². The van der Waals surface area contributed by atoms with Crippen LogP contribution in [0.15, 0.2) is 60.9 Å². The fourth-order valence-corrected chi connectivity index (χ4v) is 3.16. The number of nitrogens with one attached hydrogen (secondary N) is 1. The maximum absolute atomic E-state index is 12.0. The second kappa shape index (κ2) is 7.66. The molecule has 0 aliphatic carbocycles. The molecule has 0 saturated heterocycles. The third-order valence-electron chi connectivity index (χ3n) is 3.45. The van der Waals surface area contributed by atoms with Gasteiger partial charge in [0.1, 0.15) is 5.01 Å². The first-order valence-electron chi connectivity index (χ1n) is 7.60. The number of nitrogens with zero attached hydrogens (tertiary/aromatic N) is 2. The van der Waals surface area contributed by atoms with Gasteiger partial charge in [-0.2, -0.15) is 0 Å². The summed E-state index contributed by atoms with van der Waals surface area (Å²) in [5.41, 5.74) is 2.93. The third kappa shape index (κ3) is 4.14. The number of amides is 1. The Morgan fingerprint density at radius 2 is 2.04 bits per heavy atom. The van der Waals surface area contributed by atoms with E-state index in [0.717, 1.165) is 26.7 Å². The first-order chi connectivity index (χ1) is 11.7. The Kier molecular flexibility index (Phi) is 5.13. The normalized spacial score (nSPS) is 10.9. The highest BCUT2D eigenvalue weighted by Gasteiger charge is 2.10. The number of carbonyl (C=O) groups is 1. The lowest BCUT2D eigenvalue weighted by Gasteiger charge is -2.00. The minimum absolute atomic E-state index is 0.116. The van der Waals surface area contributed by atoms with E-state index in [2.05, 4.69) is 15.3 Å². The van der Waals surface area contributed by atoms with Crippen LogP contribution in [0, 0.1) is 6.92 Å². The molecule has 1 amide bonds. The molecule has 0 bridgehead atoms. The molecule has 5 heteroatoms. The Balaban J connectivity index is 1.62. The van der Waals surface area contributed by atoms with E-state index in [-0.39, 0.29) is 5.91 Å². The number of rotatable bonds is 5. The molecule has 120 valence electrons. The number of benzene rings is 1. The molecular weight excluding hydrogens is 318 g/mol. The van der Waals surface area contributed by atoms with E-state index in [1.165, 1.54) is 0 Å². The predicted molar refractivity (Wildman–Crippen MR) is 97.4 cm³/mol. The lowest BCUT2D eigenvalue weighted by molar-refractivity contribution is -0.116. The molecule has 3 rings (SSSR count). The standard InChI is InChI=1S/C19H17N3OS/c1-14-17(24-19(22-14)16-8-5-11-20-12-16)13-21-18(23)10-9-15-6-3-2-4-7-15/h2-12H,13H2,1H3,(H,21,23)/b10-9+. The molecule has 3 aromatic rings. The summed E-state index contributed by atoms with van der Waals surface area (Å²) in [7, 11) is 0. The van der Waals surface area contributed by atoms with Gasteiger partial charge in [-0.1, -0.05) is 30.3 Å². The van der Waals surface area contributed by atoms with Crippen LogP contribution in [0.5, 0.6) is 0 Å². The molecule has 2 heterocycles. The van der Waals surface area contributed by atoms with Crippen molar-refractivity contribution in [3.63, 3.8) is 0 Å². The monoisotopic (exact) mass is 335 g/mol. The van der Waals surface area contributed by atoms with Crippen molar-refractivity contribution in [2.24, 2.45) is 0 Å². The summed E-state index contributed by atoms with van der Waals surface area (Å²) >= 11 is 1.58. The highest BCUT2D eigenvalue weighted by molar-refractivity contribution is 7.15. The van der Waals surface area contributed by atoms with E-state index in [4.69, 9.17) is 0 Å². The summed E-state index contributed by atoms with van der Waals surface area (Å²) in [5.74, 6) is -0.116. The quantitative estimate of drug-likeness (QED) is 0.721. The minimum Gasteiger partial charge on any atom is -0.348 e. The van der Waals surface area contributed by atoms with E-state index >= 15 is 0 Å². The van der Waals surface area contributed by atoms with Gasteiger partial charge in [0, 0.05) is 28.9 Å². The Hall–Kier alpha value is -2.79. The predicted octanol–water partition coefficient (Wildman–Crippen LogP) is 3.84. The number of pyridine rings is 1. The zero-order valence-electron chi connectivity index (χ0n) is 13.3. The maximum Gasteiger partial charge on any atom is 0.244 e. The molecule has 0 fully saturated rings. The zero-order valence-corrected chi connectivity index (χ0v) is 14.1. The Morgan fingerprint density at radius 3 is 2.79 bits per heavy atom. The van der Waals surface area contributed by atoms with Crippen LogP contribution < -0.4 is 5.32 Å². The average Bonchev–Trinajstić information content (AvgIpc) is 3.01.